The Balaban J connectivity index is 5.25. The normalized spacial score (nSPS) is 14.3. The first-order valence-electron chi connectivity index (χ1n) is 40.0. The number of phosphoric acid groups is 2. The van der Waals surface area contributed by atoms with Crippen molar-refractivity contribution in [2.24, 2.45) is 11.8 Å². The lowest BCUT2D eigenvalue weighted by Gasteiger charge is -2.21. The van der Waals surface area contributed by atoms with Gasteiger partial charge in [-0.15, -0.1) is 0 Å². The van der Waals surface area contributed by atoms with Gasteiger partial charge in [0.2, 0.25) is 0 Å². The standard InChI is InChI=1S/C77H150O17P2/c1-7-10-12-14-16-18-20-22-24-29-32-36-40-47-53-59-74(79)87-65-72(93-76(81)62-56-50-42-38-34-30-26-25-27-31-35-39-45-51-57-69(4)5)67-91-95(83,84)89-63-71(78)64-90-96(85,86)92-68-73(66-88-75(80)60-54-48-44-43-46-52-58-70(6)9-3)94-77(82)61-55-49-41-37-33-28-23-21-19-17-15-13-11-8-2/h69-73,78H,7-68H2,1-6H3,(H,83,84)(H,85,86)/t70?,71-,72-,73-/m1/s1. The number of hydrogen-bond donors (Lipinski definition) is 3. The molecule has 0 aromatic heterocycles. The summed E-state index contributed by atoms with van der Waals surface area (Å²) in [6.07, 6.45) is 56.8. The van der Waals surface area contributed by atoms with Crippen molar-refractivity contribution in [2.45, 2.75) is 419 Å². The number of rotatable bonds is 76. The summed E-state index contributed by atoms with van der Waals surface area (Å²) in [6.45, 7) is 9.60. The topological polar surface area (TPSA) is 237 Å². The number of aliphatic hydroxyl groups is 1. The van der Waals surface area contributed by atoms with Gasteiger partial charge in [0.05, 0.1) is 26.4 Å². The molecule has 17 nitrogen and oxygen atoms in total. The zero-order valence-electron chi connectivity index (χ0n) is 62.7. The maximum atomic E-state index is 13.1. The van der Waals surface area contributed by atoms with Crippen LogP contribution in [-0.4, -0.2) is 96.7 Å². The Morgan fingerprint density at radius 1 is 0.302 bits per heavy atom. The summed E-state index contributed by atoms with van der Waals surface area (Å²) in [5.74, 6) is -0.587. The Morgan fingerprint density at radius 2 is 0.531 bits per heavy atom. The van der Waals surface area contributed by atoms with E-state index in [2.05, 4.69) is 41.5 Å². The molecule has 0 rings (SSSR count). The first kappa shape index (κ1) is 94.1. The van der Waals surface area contributed by atoms with Crippen molar-refractivity contribution in [1.82, 2.24) is 0 Å². The van der Waals surface area contributed by atoms with Crippen molar-refractivity contribution in [1.29, 1.82) is 0 Å². The van der Waals surface area contributed by atoms with Crippen molar-refractivity contribution in [3.05, 3.63) is 0 Å². The van der Waals surface area contributed by atoms with E-state index in [1.165, 1.54) is 212 Å². The average molecular weight is 1410 g/mol. The predicted octanol–water partition coefficient (Wildman–Crippen LogP) is 22.7. The van der Waals surface area contributed by atoms with Crippen LogP contribution in [0.15, 0.2) is 0 Å². The number of carbonyl (C=O) groups excluding carboxylic acids is 4. The number of aliphatic hydroxyl groups excluding tert-OH is 1. The number of esters is 4. The quantitative estimate of drug-likeness (QED) is 0.0222. The molecule has 0 saturated carbocycles. The summed E-state index contributed by atoms with van der Waals surface area (Å²) in [7, 11) is -9.91. The molecule has 0 radical (unpaired) electrons. The second kappa shape index (κ2) is 68.8. The van der Waals surface area contributed by atoms with E-state index in [4.69, 9.17) is 37.0 Å². The van der Waals surface area contributed by atoms with Crippen LogP contribution in [0.5, 0.6) is 0 Å². The summed E-state index contributed by atoms with van der Waals surface area (Å²) in [4.78, 5) is 72.9. The first-order valence-corrected chi connectivity index (χ1v) is 43.0. The average Bonchev–Trinajstić information content (AvgIpc) is 1.18. The van der Waals surface area contributed by atoms with Crippen LogP contribution in [0, 0.1) is 11.8 Å². The highest BCUT2D eigenvalue weighted by Crippen LogP contribution is 2.45. The lowest BCUT2D eigenvalue weighted by molar-refractivity contribution is -0.161. The van der Waals surface area contributed by atoms with Gasteiger partial charge in [-0.2, -0.15) is 0 Å². The Morgan fingerprint density at radius 3 is 0.792 bits per heavy atom. The summed E-state index contributed by atoms with van der Waals surface area (Å²) < 4.78 is 68.6. The van der Waals surface area contributed by atoms with Crippen LogP contribution >= 0.6 is 15.6 Å². The highest BCUT2D eigenvalue weighted by atomic mass is 31.2. The molecule has 0 aromatic carbocycles. The molecular weight excluding hydrogens is 1260 g/mol. The second-order valence-electron chi connectivity index (χ2n) is 28.5. The highest BCUT2D eigenvalue weighted by Gasteiger charge is 2.30. The van der Waals surface area contributed by atoms with Crippen molar-refractivity contribution in [3.63, 3.8) is 0 Å². The number of ether oxygens (including phenoxy) is 4. The predicted molar refractivity (Wildman–Crippen MR) is 391 cm³/mol. The Bertz CT molecular complexity index is 1860. The molecule has 0 aliphatic carbocycles. The first-order chi connectivity index (χ1) is 46.4. The molecule has 0 heterocycles. The Labute approximate surface area is 588 Å². The zero-order valence-corrected chi connectivity index (χ0v) is 64.5. The molecule has 0 aliphatic heterocycles. The molecule has 19 heteroatoms. The summed E-state index contributed by atoms with van der Waals surface area (Å²) in [5, 5.41) is 10.6. The molecule has 0 fully saturated rings. The third-order valence-corrected chi connectivity index (χ3v) is 20.2. The molecule has 570 valence electrons. The zero-order chi connectivity index (χ0) is 70.7. The molecule has 3 N–H and O–H groups in total. The fraction of sp³-hybridized carbons (Fsp3) is 0.948. The van der Waals surface area contributed by atoms with Gasteiger partial charge in [0, 0.05) is 25.7 Å². The third kappa shape index (κ3) is 69.2. The molecule has 0 spiro atoms. The Hall–Kier alpha value is -1.94. The molecule has 0 saturated heterocycles. The summed E-state index contributed by atoms with van der Waals surface area (Å²) in [5.41, 5.74) is 0. The molecule has 0 aliphatic rings. The third-order valence-electron chi connectivity index (χ3n) is 18.3. The van der Waals surface area contributed by atoms with E-state index in [0.29, 0.717) is 25.7 Å². The number of hydrogen-bond acceptors (Lipinski definition) is 15. The van der Waals surface area contributed by atoms with Gasteiger partial charge in [-0.1, -0.05) is 350 Å². The molecule has 6 atom stereocenters. The van der Waals surface area contributed by atoms with Crippen LogP contribution in [0.1, 0.15) is 401 Å². The molecule has 0 aromatic rings. The number of unbranched alkanes of at least 4 members (excludes halogenated alkanes) is 45. The van der Waals surface area contributed by atoms with Crippen molar-refractivity contribution < 1.29 is 80.2 Å². The van der Waals surface area contributed by atoms with Crippen LogP contribution in [0.4, 0.5) is 0 Å². The fourth-order valence-corrected chi connectivity index (χ4v) is 13.4. The number of carbonyl (C=O) groups is 4. The number of phosphoric ester groups is 2. The van der Waals surface area contributed by atoms with Crippen LogP contribution < -0.4 is 0 Å². The van der Waals surface area contributed by atoms with Gasteiger partial charge in [-0.25, -0.2) is 9.13 Å². The van der Waals surface area contributed by atoms with Gasteiger partial charge in [0.25, 0.3) is 0 Å². The van der Waals surface area contributed by atoms with E-state index in [1.54, 1.807) is 0 Å². The largest absolute Gasteiger partial charge is 0.472 e. The van der Waals surface area contributed by atoms with Crippen molar-refractivity contribution in [2.75, 3.05) is 39.6 Å². The van der Waals surface area contributed by atoms with Crippen LogP contribution in [-0.2, 0) is 65.4 Å². The maximum Gasteiger partial charge on any atom is 0.472 e. The van der Waals surface area contributed by atoms with E-state index in [9.17, 15) is 43.2 Å². The molecule has 0 amide bonds. The maximum absolute atomic E-state index is 13.1. The van der Waals surface area contributed by atoms with Crippen LogP contribution in [0.3, 0.4) is 0 Å². The minimum Gasteiger partial charge on any atom is -0.462 e. The summed E-state index contributed by atoms with van der Waals surface area (Å²) >= 11 is 0. The van der Waals surface area contributed by atoms with Gasteiger partial charge in [0.15, 0.2) is 12.2 Å². The molecule has 3 unspecified atom stereocenters. The fourth-order valence-electron chi connectivity index (χ4n) is 11.8. The van der Waals surface area contributed by atoms with E-state index in [1.807, 2.05) is 0 Å². The summed E-state index contributed by atoms with van der Waals surface area (Å²) in [6, 6.07) is 0. The Kier molecular flexibility index (Phi) is 67.4. The van der Waals surface area contributed by atoms with E-state index < -0.39 is 97.5 Å². The SMILES string of the molecule is CCCCCCCCCCCCCCCCCC(=O)OC[C@H](COP(=O)(O)OC[C@@H](O)COP(=O)(O)OC[C@@H](COC(=O)CCCCCCCCC(C)CC)OC(=O)CCCCCCCCCCCCCCCC)OC(=O)CCCCCCCCCCCCCCCCC(C)C. The van der Waals surface area contributed by atoms with E-state index in [0.717, 1.165) is 108 Å². The highest BCUT2D eigenvalue weighted by molar-refractivity contribution is 7.47. The van der Waals surface area contributed by atoms with Crippen molar-refractivity contribution in [3.8, 4) is 0 Å². The van der Waals surface area contributed by atoms with Gasteiger partial charge >= 0.3 is 39.5 Å². The van der Waals surface area contributed by atoms with Gasteiger partial charge in [0.1, 0.15) is 19.3 Å². The van der Waals surface area contributed by atoms with Crippen LogP contribution in [0.25, 0.3) is 0 Å². The minimum atomic E-state index is -4.96. The molecule has 0 bridgehead atoms. The van der Waals surface area contributed by atoms with Gasteiger partial charge in [-0.3, -0.25) is 37.3 Å². The van der Waals surface area contributed by atoms with E-state index >= 15 is 0 Å². The minimum absolute atomic E-state index is 0.107. The van der Waals surface area contributed by atoms with Crippen LogP contribution in [0.2, 0.25) is 0 Å². The second-order valence-corrected chi connectivity index (χ2v) is 31.4. The molecule has 96 heavy (non-hydrogen) atoms. The smallest absolute Gasteiger partial charge is 0.462 e. The van der Waals surface area contributed by atoms with E-state index in [-0.39, 0.29) is 25.7 Å². The van der Waals surface area contributed by atoms with Gasteiger partial charge < -0.3 is 33.8 Å². The lowest BCUT2D eigenvalue weighted by Crippen LogP contribution is -2.30. The monoisotopic (exact) mass is 1410 g/mol. The van der Waals surface area contributed by atoms with Gasteiger partial charge in [-0.05, 0) is 37.5 Å². The van der Waals surface area contributed by atoms with Crippen molar-refractivity contribution >= 4 is 39.5 Å². The lowest BCUT2D eigenvalue weighted by atomic mass is 10.00. The molecular formula is C77H150O17P2.